The van der Waals surface area contributed by atoms with Crippen LogP contribution in [0.3, 0.4) is 0 Å². The van der Waals surface area contributed by atoms with Gasteiger partial charge in [0.05, 0.1) is 0 Å². The Kier molecular flexibility index (Phi) is 9.83. The zero-order chi connectivity index (χ0) is 14.3. The Morgan fingerprint density at radius 2 is 1.70 bits per heavy atom. The van der Waals surface area contributed by atoms with Crippen LogP contribution in [-0.4, -0.2) is 14.2 Å². The van der Waals surface area contributed by atoms with Crippen molar-refractivity contribution in [2.45, 2.75) is 12.8 Å². The summed E-state index contributed by atoms with van der Waals surface area (Å²) in [6.45, 7) is 2.28. The molecule has 2 nitrogen and oxygen atoms in total. The second-order valence-corrected chi connectivity index (χ2v) is 4.84. The minimum atomic E-state index is 0. The molecule has 1 heterocycles. The van der Waals surface area contributed by atoms with E-state index in [0.29, 0.717) is 5.92 Å². The Morgan fingerprint density at radius 1 is 1.05 bits per heavy atom. The Morgan fingerprint density at radius 3 is 2.25 bits per heavy atom. The van der Waals surface area contributed by atoms with E-state index in [1.165, 1.54) is 22.3 Å². The zero-order valence-electron chi connectivity index (χ0n) is 11.9. The monoisotopic (exact) mass is 321 g/mol. The van der Waals surface area contributed by atoms with Gasteiger partial charge in [0.15, 0.2) is 0 Å². The molecule has 1 aromatic heterocycles. The normalized spacial score (nSPS) is 15.1. The second-order valence-electron chi connectivity index (χ2n) is 3.97. The molecule has 0 fully saturated rings. The number of allylic oxidation sites excluding steroid dienone is 1. The number of hydrogen-bond donors (Lipinski definition) is 0. The predicted molar refractivity (Wildman–Crippen MR) is 79.4 cm³/mol. The molecule has 3 rings (SSSR count). The Balaban J connectivity index is 0.000000667. The molecular formula is C16H18O2PTi. The first-order chi connectivity index (χ1) is 9.36. The molecule has 1 aromatic carbocycles. The van der Waals surface area contributed by atoms with Crippen LogP contribution in [0.5, 0.6) is 0 Å². The quantitative estimate of drug-likeness (QED) is 0.597. The molecule has 0 N–H and O–H groups in total. The van der Waals surface area contributed by atoms with E-state index >= 15 is 0 Å². The molecule has 4 heteroatoms. The van der Waals surface area contributed by atoms with Crippen LogP contribution < -0.4 is 10.2 Å². The SMILES string of the molecule is CC1C(c2[c-][pH]cc2)=Cc2ccccc21.C[O-].C[O-].[Ti+3]. The fraction of sp³-hybridized carbons (Fsp3) is 0.250. The molecule has 0 saturated heterocycles. The Bertz CT molecular complexity index is 521. The maximum Gasteiger partial charge on any atom is 3.00 e. The molecule has 103 valence electrons. The van der Waals surface area contributed by atoms with Crippen molar-refractivity contribution in [3.05, 3.63) is 58.6 Å². The fourth-order valence-corrected chi connectivity index (χ4v) is 2.98. The van der Waals surface area contributed by atoms with E-state index in [1.807, 2.05) is 0 Å². The van der Waals surface area contributed by atoms with Gasteiger partial charge in [-0.05, 0) is 17.0 Å². The van der Waals surface area contributed by atoms with Crippen LogP contribution in [0.25, 0.3) is 11.6 Å². The van der Waals surface area contributed by atoms with E-state index in [-0.39, 0.29) is 21.7 Å². The van der Waals surface area contributed by atoms with Crippen molar-refractivity contribution in [1.29, 1.82) is 0 Å². The van der Waals surface area contributed by atoms with Crippen molar-refractivity contribution in [2.24, 2.45) is 0 Å². The second kappa shape index (κ2) is 10.2. The maximum atomic E-state index is 8.25. The molecule has 0 spiro atoms. The molecular weight excluding hydrogens is 303 g/mol. The van der Waals surface area contributed by atoms with Gasteiger partial charge >= 0.3 is 21.7 Å². The van der Waals surface area contributed by atoms with Gasteiger partial charge in [-0.25, -0.2) is 8.19 Å². The molecule has 1 radical (unpaired) electrons. The standard InChI is InChI=1S/C14H12P.2CH3O.Ti/c1-10-13-5-3-2-4-11(13)8-14(10)12-6-7-15-9-12;2*1-2;/h2-8,10,15H,1H3;2*1H3;/q3*-1;+3. The minimum Gasteiger partial charge on any atom is -0.857 e. The third-order valence-electron chi connectivity index (χ3n) is 3.09. The topological polar surface area (TPSA) is 46.1 Å². The van der Waals surface area contributed by atoms with Gasteiger partial charge in [0, 0.05) is 0 Å². The van der Waals surface area contributed by atoms with Crippen molar-refractivity contribution in [1.82, 2.24) is 0 Å². The molecule has 2 unspecified atom stereocenters. The van der Waals surface area contributed by atoms with Crippen molar-refractivity contribution in [2.75, 3.05) is 14.2 Å². The minimum absolute atomic E-state index is 0. The van der Waals surface area contributed by atoms with Crippen molar-refractivity contribution >= 4 is 19.8 Å². The van der Waals surface area contributed by atoms with E-state index in [1.54, 1.807) is 0 Å². The van der Waals surface area contributed by atoms with E-state index in [4.69, 9.17) is 10.2 Å². The molecule has 0 saturated carbocycles. The average molecular weight is 321 g/mol. The molecule has 2 aromatic rings. The van der Waals surface area contributed by atoms with E-state index in [9.17, 15) is 0 Å². The van der Waals surface area contributed by atoms with Crippen LogP contribution in [0.1, 0.15) is 29.5 Å². The summed E-state index contributed by atoms with van der Waals surface area (Å²) in [5.74, 6) is 6.15. The van der Waals surface area contributed by atoms with Crippen LogP contribution in [0.2, 0.25) is 0 Å². The van der Waals surface area contributed by atoms with E-state index < -0.39 is 0 Å². The van der Waals surface area contributed by atoms with Crippen LogP contribution >= 0.6 is 8.19 Å². The summed E-state index contributed by atoms with van der Waals surface area (Å²) >= 11 is 0. The van der Waals surface area contributed by atoms with Crippen molar-refractivity contribution in [3.8, 4) is 0 Å². The first-order valence-electron chi connectivity index (χ1n) is 6.04. The number of hydrogen-bond acceptors (Lipinski definition) is 2. The maximum absolute atomic E-state index is 8.25. The summed E-state index contributed by atoms with van der Waals surface area (Å²) in [6, 6.07) is 10.9. The fourth-order valence-electron chi connectivity index (χ4n) is 2.26. The van der Waals surface area contributed by atoms with Gasteiger partial charge in [0.2, 0.25) is 0 Å². The van der Waals surface area contributed by atoms with E-state index in [2.05, 4.69) is 54.9 Å². The first-order valence-corrected chi connectivity index (χ1v) is 7.11. The Labute approximate surface area is 137 Å². The van der Waals surface area contributed by atoms with Gasteiger partial charge < -0.3 is 10.2 Å². The summed E-state index contributed by atoms with van der Waals surface area (Å²) in [6.07, 6.45) is 2.31. The third-order valence-corrected chi connectivity index (χ3v) is 3.84. The molecule has 0 amide bonds. The van der Waals surface area contributed by atoms with Crippen molar-refractivity contribution < 1.29 is 31.9 Å². The van der Waals surface area contributed by atoms with Crippen molar-refractivity contribution in [3.63, 3.8) is 0 Å². The van der Waals surface area contributed by atoms with Gasteiger partial charge in [-0.1, -0.05) is 37.3 Å². The summed E-state index contributed by atoms with van der Waals surface area (Å²) in [5.41, 5.74) is 5.55. The van der Waals surface area contributed by atoms with E-state index in [0.717, 1.165) is 22.4 Å². The van der Waals surface area contributed by atoms with Gasteiger partial charge in [-0.15, -0.1) is 11.4 Å². The smallest absolute Gasteiger partial charge is 0.857 e. The summed E-state index contributed by atoms with van der Waals surface area (Å²) < 4.78 is 0. The molecule has 20 heavy (non-hydrogen) atoms. The summed E-state index contributed by atoms with van der Waals surface area (Å²) in [4.78, 5) is 0. The van der Waals surface area contributed by atoms with Crippen LogP contribution in [0.15, 0.2) is 36.1 Å². The van der Waals surface area contributed by atoms with Gasteiger partial charge in [0.25, 0.3) is 0 Å². The zero-order valence-corrected chi connectivity index (χ0v) is 14.5. The van der Waals surface area contributed by atoms with Gasteiger partial charge in [-0.2, -0.15) is 31.6 Å². The van der Waals surface area contributed by atoms with Crippen LogP contribution in [0, 0.1) is 5.80 Å². The van der Waals surface area contributed by atoms with Gasteiger partial charge in [-0.3, -0.25) is 0 Å². The number of fused-ring (bicyclic) bond motifs is 1. The number of benzene rings is 1. The third kappa shape index (κ3) is 4.18. The van der Waals surface area contributed by atoms with Gasteiger partial charge in [0.1, 0.15) is 0 Å². The van der Waals surface area contributed by atoms with Crippen LogP contribution in [-0.2, 0) is 21.7 Å². The molecule has 1 aliphatic carbocycles. The first kappa shape index (κ1) is 19.4. The molecule has 0 aliphatic heterocycles. The average Bonchev–Trinajstić information content (AvgIpc) is 3.12. The largest absolute Gasteiger partial charge is 3.00 e. The summed E-state index contributed by atoms with van der Waals surface area (Å²) in [5, 5.41) is 16.5. The van der Waals surface area contributed by atoms with Crippen LogP contribution in [0.4, 0.5) is 0 Å². The molecule has 0 bridgehead atoms. The summed E-state index contributed by atoms with van der Waals surface area (Å²) in [7, 11) is 2.24. The Hall–Kier alpha value is -0.626. The molecule has 1 aliphatic rings. The predicted octanol–water partition coefficient (Wildman–Crippen LogP) is 2.13. The molecule has 2 atom stereocenters. The number of rotatable bonds is 1.